The fraction of sp³-hybridized carbons (Fsp3) is 0.364. The zero-order chi connectivity index (χ0) is 10.6. The summed E-state index contributed by atoms with van der Waals surface area (Å²) in [6.45, 7) is 2.04. The minimum absolute atomic E-state index is 0.344. The van der Waals surface area contributed by atoms with Crippen LogP contribution < -0.4 is 4.74 Å². The van der Waals surface area contributed by atoms with Crippen LogP contribution in [0.15, 0.2) is 12.1 Å². The Bertz CT molecular complexity index is 334. The Kier molecular flexibility index (Phi) is 3.96. The lowest BCUT2D eigenvalue weighted by molar-refractivity contribution is -0.107. The highest BCUT2D eigenvalue weighted by atomic mass is 35.5. The normalized spacial score (nSPS) is 9.93. The number of carbonyl (C=O) groups excluding carboxylic acids is 1. The third-order valence-electron chi connectivity index (χ3n) is 2.10. The second-order valence-electron chi connectivity index (χ2n) is 2.99. The van der Waals surface area contributed by atoms with Crippen molar-refractivity contribution in [2.75, 3.05) is 7.11 Å². The first kappa shape index (κ1) is 11.1. The van der Waals surface area contributed by atoms with Gasteiger partial charge in [-0.05, 0) is 18.1 Å². The van der Waals surface area contributed by atoms with Crippen LogP contribution >= 0.6 is 11.6 Å². The number of aldehydes is 1. The number of rotatable bonds is 4. The molecule has 3 heteroatoms. The number of hydrogen-bond donors (Lipinski definition) is 0. The van der Waals surface area contributed by atoms with Crippen LogP contribution in [0.5, 0.6) is 5.75 Å². The lowest BCUT2D eigenvalue weighted by Gasteiger charge is -2.10. The number of carbonyl (C=O) groups is 1. The van der Waals surface area contributed by atoms with E-state index in [9.17, 15) is 4.79 Å². The van der Waals surface area contributed by atoms with E-state index in [1.165, 1.54) is 0 Å². The molecule has 1 aromatic carbocycles. The molecule has 0 aliphatic heterocycles. The van der Waals surface area contributed by atoms with Crippen molar-refractivity contribution in [2.24, 2.45) is 0 Å². The van der Waals surface area contributed by atoms with Gasteiger partial charge in [0.15, 0.2) is 0 Å². The Morgan fingerprint density at radius 3 is 2.71 bits per heavy atom. The molecule has 14 heavy (non-hydrogen) atoms. The van der Waals surface area contributed by atoms with E-state index in [0.717, 1.165) is 23.8 Å². The largest absolute Gasteiger partial charge is 0.495 e. The summed E-state index contributed by atoms with van der Waals surface area (Å²) in [6, 6.07) is 3.83. The van der Waals surface area contributed by atoms with Gasteiger partial charge in [-0.3, -0.25) is 0 Å². The predicted octanol–water partition coefficient (Wildman–Crippen LogP) is 2.65. The van der Waals surface area contributed by atoms with E-state index in [0.29, 0.717) is 17.2 Å². The summed E-state index contributed by atoms with van der Waals surface area (Å²) in [7, 11) is 1.56. The maximum atomic E-state index is 10.5. The van der Waals surface area contributed by atoms with Gasteiger partial charge < -0.3 is 9.53 Å². The van der Waals surface area contributed by atoms with Crippen molar-refractivity contribution < 1.29 is 9.53 Å². The average Bonchev–Trinajstić information content (AvgIpc) is 2.18. The van der Waals surface area contributed by atoms with Crippen LogP contribution in [0.1, 0.15) is 18.1 Å². The molecule has 0 unspecified atom stereocenters. The molecule has 0 saturated heterocycles. The Hall–Kier alpha value is -1.02. The van der Waals surface area contributed by atoms with Crippen LogP contribution in [-0.2, 0) is 17.6 Å². The van der Waals surface area contributed by atoms with Gasteiger partial charge in [0.25, 0.3) is 0 Å². The van der Waals surface area contributed by atoms with Gasteiger partial charge in [-0.25, -0.2) is 0 Å². The van der Waals surface area contributed by atoms with Crippen LogP contribution in [-0.4, -0.2) is 13.4 Å². The molecular formula is C11H13ClO2. The van der Waals surface area contributed by atoms with Crippen LogP contribution in [0.3, 0.4) is 0 Å². The fourth-order valence-electron chi connectivity index (χ4n) is 1.39. The summed E-state index contributed by atoms with van der Waals surface area (Å²) in [5.41, 5.74) is 1.97. The first-order valence-corrected chi connectivity index (χ1v) is 4.89. The molecule has 76 valence electrons. The molecule has 1 aromatic rings. The predicted molar refractivity (Wildman–Crippen MR) is 57.2 cm³/mol. The van der Waals surface area contributed by atoms with Crippen molar-refractivity contribution in [2.45, 2.75) is 19.8 Å². The van der Waals surface area contributed by atoms with E-state index in [4.69, 9.17) is 16.3 Å². The lowest BCUT2D eigenvalue weighted by Crippen LogP contribution is -1.96. The van der Waals surface area contributed by atoms with Gasteiger partial charge >= 0.3 is 0 Å². The Balaban J connectivity index is 3.20. The van der Waals surface area contributed by atoms with E-state index in [-0.39, 0.29) is 0 Å². The fourth-order valence-corrected chi connectivity index (χ4v) is 1.73. The van der Waals surface area contributed by atoms with E-state index in [1.807, 2.05) is 19.1 Å². The van der Waals surface area contributed by atoms with Gasteiger partial charge in [0.2, 0.25) is 0 Å². The molecule has 0 saturated carbocycles. The van der Waals surface area contributed by atoms with Gasteiger partial charge in [0.1, 0.15) is 12.0 Å². The molecule has 0 heterocycles. The monoisotopic (exact) mass is 212 g/mol. The highest BCUT2D eigenvalue weighted by molar-refractivity contribution is 6.32. The number of methoxy groups -OCH3 is 1. The molecule has 1 rings (SSSR count). The second-order valence-corrected chi connectivity index (χ2v) is 3.40. The lowest BCUT2D eigenvalue weighted by atomic mass is 10.1. The molecule has 0 amide bonds. The van der Waals surface area contributed by atoms with Crippen LogP contribution in [0, 0.1) is 0 Å². The number of benzene rings is 1. The number of aryl methyl sites for hydroxylation is 1. The third kappa shape index (κ3) is 2.26. The van der Waals surface area contributed by atoms with E-state index in [2.05, 4.69) is 0 Å². The number of ether oxygens (including phenoxy) is 1. The summed E-state index contributed by atoms with van der Waals surface area (Å²) < 4.78 is 5.14. The summed E-state index contributed by atoms with van der Waals surface area (Å²) in [5, 5.41) is 0.573. The third-order valence-corrected chi connectivity index (χ3v) is 2.38. The smallest absolute Gasteiger partial charge is 0.141 e. The topological polar surface area (TPSA) is 26.3 Å². The maximum Gasteiger partial charge on any atom is 0.141 e. The number of halogens is 1. The van der Waals surface area contributed by atoms with Crippen molar-refractivity contribution in [3.8, 4) is 5.75 Å². The summed E-state index contributed by atoms with van der Waals surface area (Å²) in [4.78, 5) is 10.5. The van der Waals surface area contributed by atoms with E-state index in [1.54, 1.807) is 7.11 Å². The molecule has 0 aliphatic rings. The minimum Gasteiger partial charge on any atom is -0.495 e. The zero-order valence-electron chi connectivity index (χ0n) is 8.34. The molecule has 0 aromatic heterocycles. The maximum absolute atomic E-state index is 10.5. The van der Waals surface area contributed by atoms with Crippen molar-refractivity contribution in [3.63, 3.8) is 0 Å². The summed E-state index contributed by atoms with van der Waals surface area (Å²) in [6.07, 6.45) is 2.10. The molecule has 0 spiro atoms. The summed E-state index contributed by atoms with van der Waals surface area (Å²) in [5.74, 6) is 0.607. The van der Waals surface area contributed by atoms with Gasteiger partial charge in [0.05, 0.1) is 12.1 Å². The molecule has 0 radical (unpaired) electrons. The van der Waals surface area contributed by atoms with Crippen molar-refractivity contribution in [1.82, 2.24) is 0 Å². The minimum atomic E-state index is 0.344. The van der Waals surface area contributed by atoms with Crippen LogP contribution in [0.2, 0.25) is 5.02 Å². The van der Waals surface area contributed by atoms with E-state index < -0.39 is 0 Å². The van der Waals surface area contributed by atoms with Crippen molar-refractivity contribution >= 4 is 17.9 Å². The Morgan fingerprint density at radius 1 is 1.50 bits per heavy atom. The average molecular weight is 213 g/mol. The van der Waals surface area contributed by atoms with Crippen molar-refractivity contribution in [1.29, 1.82) is 0 Å². The molecule has 0 N–H and O–H groups in total. The highest BCUT2D eigenvalue weighted by Crippen LogP contribution is 2.30. The van der Waals surface area contributed by atoms with Gasteiger partial charge in [0, 0.05) is 12.0 Å². The molecule has 0 atom stereocenters. The summed E-state index contributed by atoms with van der Waals surface area (Å²) >= 11 is 6.01. The molecule has 2 nitrogen and oxygen atoms in total. The van der Waals surface area contributed by atoms with Crippen LogP contribution in [0.25, 0.3) is 0 Å². The van der Waals surface area contributed by atoms with Gasteiger partial charge in [-0.15, -0.1) is 0 Å². The van der Waals surface area contributed by atoms with E-state index >= 15 is 0 Å². The van der Waals surface area contributed by atoms with Gasteiger partial charge in [-0.1, -0.05) is 24.6 Å². The van der Waals surface area contributed by atoms with Crippen molar-refractivity contribution in [3.05, 3.63) is 28.3 Å². The Labute approximate surface area is 88.8 Å². The zero-order valence-corrected chi connectivity index (χ0v) is 9.10. The standard InChI is InChI=1S/C11H13ClO2/c1-3-8-6-9(4-5-13)11(14-2)10(12)7-8/h5-7H,3-4H2,1-2H3. The molecule has 0 bridgehead atoms. The molecule has 0 aliphatic carbocycles. The highest BCUT2D eigenvalue weighted by Gasteiger charge is 2.08. The first-order valence-electron chi connectivity index (χ1n) is 4.51. The Morgan fingerprint density at radius 2 is 2.21 bits per heavy atom. The molecular weight excluding hydrogens is 200 g/mol. The SMILES string of the molecule is CCc1cc(Cl)c(OC)c(CC=O)c1. The van der Waals surface area contributed by atoms with Gasteiger partial charge in [-0.2, -0.15) is 0 Å². The second kappa shape index (κ2) is 5.01. The first-order chi connectivity index (χ1) is 6.72. The van der Waals surface area contributed by atoms with Crippen LogP contribution in [0.4, 0.5) is 0 Å². The molecule has 0 fully saturated rings. The number of hydrogen-bond acceptors (Lipinski definition) is 2. The quantitative estimate of drug-likeness (QED) is 0.718.